The quantitative estimate of drug-likeness (QED) is 0.360. The van der Waals surface area contributed by atoms with E-state index in [0.717, 1.165) is 44.9 Å². The van der Waals surface area contributed by atoms with E-state index in [2.05, 4.69) is 59.9 Å². The van der Waals surface area contributed by atoms with Crippen LogP contribution in [0, 0.1) is 67.6 Å². The third kappa shape index (κ3) is 3.02. The Kier molecular flexibility index (Phi) is 5.38. The number of carbonyl (C=O) groups is 3. The number of nitrogens with one attached hydrogen (secondary N) is 1. The molecule has 1 N–H and O–H groups in total. The Morgan fingerprint density at radius 1 is 0.944 bits per heavy atom. The van der Waals surface area contributed by atoms with Gasteiger partial charge in [0.1, 0.15) is 5.78 Å². The number of amides is 1. The van der Waals surface area contributed by atoms with Crippen molar-refractivity contribution in [3.8, 4) is 6.19 Å². The molecule has 1 amide bonds. The van der Waals surface area contributed by atoms with Crippen molar-refractivity contribution in [1.82, 2.24) is 5.32 Å². The first-order chi connectivity index (χ1) is 16.6. The monoisotopic (exact) mass is 492 g/mol. The van der Waals surface area contributed by atoms with Crippen LogP contribution in [0.4, 0.5) is 0 Å². The van der Waals surface area contributed by atoms with E-state index in [9.17, 15) is 19.6 Å². The molecule has 5 aliphatic rings. The molecule has 196 valence electrons. The first-order valence-corrected chi connectivity index (χ1v) is 14.1. The van der Waals surface area contributed by atoms with Gasteiger partial charge >= 0.3 is 0 Å². The van der Waals surface area contributed by atoms with Crippen LogP contribution in [0.5, 0.6) is 0 Å². The lowest BCUT2D eigenvalue weighted by molar-refractivity contribution is -0.221. The van der Waals surface area contributed by atoms with Crippen molar-refractivity contribution >= 4 is 17.5 Å². The second-order valence-electron chi connectivity index (χ2n) is 15.1. The van der Waals surface area contributed by atoms with Gasteiger partial charge < -0.3 is 0 Å². The zero-order chi connectivity index (χ0) is 26.5. The van der Waals surface area contributed by atoms with Gasteiger partial charge in [-0.1, -0.05) is 54.5 Å². The molecule has 4 fully saturated rings. The molecule has 8 unspecified atom stereocenters. The van der Waals surface area contributed by atoms with Crippen LogP contribution in [0.3, 0.4) is 0 Å². The molecule has 5 rings (SSSR count). The largest absolute Gasteiger partial charge is 0.299 e. The van der Waals surface area contributed by atoms with Crippen LogP contribution in [0.2, 0.25) is 0 Å². The fourth-order valence-electron chi connectivity index (χ4n) is 10.6. The van der Waals surface area contributed by atoms with E-state index in [1.54, 1.807) is 6.08 Å². The van der Waals surface area contributed by atoms with E-state index in [1.165, 1.54) is 0 Å². The number of ketones is 2. The zero-order valence-corrected chi connectivity index (χ0v) is 23.3. The highest BCUT2D eigenvalue weighted by molar-refractivity contribution is 5.96. The van der Waals surface area contributed by atoms with E-state index in [-0.39, 0.29) is 57.0 Å². The second kappa shape index (κ2) is 7.55. The Morgan fingerprint density at radius 3 is 2.28 bits per heavy atom. The highest BCUT2D eigenvalue weighted by Gasteiger charge is 2.72. The molecular formula is C31H44N2O3. The number of hydrogen-bond acceptors (Lipinski definition) is 4. The minimum atomic E-state index is -0.630. The van der Waals surface area contributed by atoms with Gasteiger partial charge in [-0.3, -0.25) is 19.7 Å². The van der Waals surface area contributed by atoms with Crippen molar-refractivity contribution in [1.29, 1.82) is 5.26 Å². The standard InChI is InChI=1S/C31H44N2O3/c1-26(2)12-14-31(25(36)33-18-32)15-13-30(7)24(19(31)17-26)20(34)16-22-28(5)10-9-23(35)27(3,4)21(28)8-11-29(22,30)6/h9-10,19,21-22,24H,8,11-17H2,1-7H3,(H,33,36). The van der Waals surface area contributed by atoms with Crippen LogP contribution < -0.4 is 5.32 Å². The maximum Gasteiger partial charge on any atom is 0.239 e. The second-order valence-corrected chi connectivity index (χ2v) is 15.1. The zero-order valence-electron chi connectivity index (χ0n) is 23.3. The number of nitrogens with zero attached hydrogens (tertiary/aromatic N) is 1. The molecule has 0 radical (unpaired) electrons. The smallest absolute Gasteiger partial charge is 0.239 e. The fourth-order valence-corrected chi connectivity index (χ4v) is 10.6. The number of fused-ring (bicyclic) bond motifs is 7. The molecule has 0 saturated heterocycles. The predicted octanol–water partition coefficient (Wildman–Crippen LogP) is 5.99. The van der Waals surface area contributed by atoms with Gasteiger partial charge in [0.05, 0.1) is 5.41 Å². The van der Waals surface area contributed by atoms with Crippen LogP contribution in [-0.2, 0) is 14.4 Å². The van der Waals surface area contributed by atoms with Gasteiger partial charge in [-0.2, -0.15) is 5.26 Å². The van der Waals surface area contributed by atoms with E-state index < -0.39 is 10.8 Å². The van der Waals surface area contributed by atoms with E-state index in [4.69, 9.17) is 0 Å². The lowest BCUT2D eigenvalue weighted by Crippen LogP contribution is -2.69. The third-order valence-corrected chi connectivity index (χ3v) is 12.9. The maximum absolute atomic E-state index is 14.4. The van der Waals surface area contributed by atoms with Gasteiger partial charge in [0, 0.05) is 17.8 Å². The van der Waals surface area contributed by atoms with Crippen LogP contribution in [-0.4, -0.2) is 17.5 Å². The first kappa shape index (κ1) is 25.7. The summed E-state index contributed by atoms with van der Waals surface area (Å²) in [7, 11) is 0. The van der Waals surface area contributed by atoms with Gasteiger partial charge in [-0.05, 0) is 90.4 Å². The molecule has 8 atom stereocenters. The Morgan fingerprint density at radius 2 is 1.61 bits per heavy atom. The molecule has 0 heterocycles. The number of hydrogen-bond donors (Lipinski definition) is 1. The summed E-state index contributed by atoms with van der Waals surface area (Å²) in [4.78, 5) is 40.7. The van der Waals surface area contributed by atoms with Crippen LogP contribution in [0.1, 0.15) is 99.8 Å². The van der Waals surface area contributed by atoms with Gasteiger partial charge in [0.25, 0.3) is 0 Å². The highest BCUT2D eigenvalue weighted by atomic mass is 16.2. The van der Waals surface area contributed by atoms with Crippen LogP contribution in [0.15, 0.2) is 12.2 Å². The van der Waals surface area contributed by atoms with Crippen molar-refractivity contribution in [2.75, 3.05) is 0 Å². The highest BCUT2D eigenvalue weighted by Crippen LogP contribution is 2.75. The SMILES string of the molecule is CC1(C)CCC2(C(=O)NC#N)CCC3(C)C(C(=O)CC4C5(C)C=CC(=O)C(C)(C)C5CCC43C)C2C1. The van der Waals surface area contributed by atoms with Crippen LogP contribution >= 0.6 is 0 Å². The number of nitriles is 1. The minimum absolute atomic E-state index is 0.0379. The summed E-state index contributed by atoms with van der Waals surface area (Å²) >= 11 is 0. The molecule has 36 heavy (non-hydrogen) atoms. The summed E-state index contributed by atoms with van der Waals surface area (Å²) in [6, 6.07) is 0. The van der Waals surface area contributed by atoms with Crippen LogP contribution in [0.25, 0.3) is 0 Å². The summed E-state index contributed by atoms with van der Waals surface area (Å²) in [5, 5.41) is 11.8. The molecule has 4 saturated carbocycles. The maximum atomic E-state index is 14.4. The summed E-state index contributed by atoms with van der Waals surface area (Å²) in [5.41, 5.74) is -1.46. The molecule has 0 aromatic rings. The summed E-state index contributed by atoms with van der Waals surface area (Å²) in [5.74, 6) is 0.544. The number of allylic oxidation sites excluding steroid dienone is 2. The molecule has 0 aliphatic heterocycles. The molecule has 0 aromatic heterocycles. The summed E-state index contributed by atoms with van der Waals surface area (Å²) in [6.07, 6.45) is 12.5. The minimum Gasteiger partial charge on any atom is -0.299 e. The van der Waals surface area contributed by atoms with Crippen molar-refractivity contribution in [3.05, 3.63) is 12.2 Å². The average molecular weight is 493 g/mol. The fraction of sp³-hybridized carbons (Fsp3) is 0.806. The Bertz CT molecular complexity index is 1100. The Labute approximate surface area is 216 Å². The van der Waals surface area contributed by atoms with Gasteiger partial charge in [0.2, 0.25) is 5.91 Å². The van der Waals surface area contributed by atoms with Crippen molar-refractivity contribution < 1.29 is 14.4 Å². The Hall–Kier alpha value is -1.96. The number of rotatable bonds is 1. The van der Waals surface area contributed by atoms with Crippen molar-refractivity contribution in [2.45, 2.75) is 99.8 Å². The van der Waals surface area contributed by atoms with E-state index in [0.29, 0.717) is 12.2 Å². The summed E-state index contributed by atoms with van der Waals surface area (Å²) in [6.45, 7) is 15.8. The van der Waals surface area contributed by atoms with Gasteiger partial charge in [-0.15, -0.1) is 0 Å². The van der Waals surface area contributed by atoms with Gasteiger partial charge in [0.15, 0.2) is 12.0 Å². The number of carbonyl (C=O) groups excluding carboxylic acids is 3. The molecule has 0 bridgehead atoms. The molecular weight excluding hydrogens is 448 g/mol. The van der Waals surface area contributed by atoms with Crippen molar-refractivity contribution in [3.63, 3.8) is 0 Å². The molecule has 0 aromatic carbocycles. The average Bonchev–Trinajstić information content (AvgIpc) is 2.78. The molecule has 5 heteroatoms. The normalized spacial score (nSPS) is 48.5. The molecule has 0 spiro atoms. The third-order valence-electron chi connectivity index (χ3n) is 12.9. The van der Waals surface area contributed by atoms with E-state index in [1.807, 2.05) is 6.19 Å². The van der Waals surface area contributed by atoms with E-state index >= 15 is 0 Å². The van der Waals surface area contributed by atoms with Crippen molar-refractivity contribution in [2.24, 2.45) is 56.2 Å². The predicted molar refractivity (Wildman–Crippen MR) is 138 cm³/mol. The molecule has 5 aliphatic carbocycles. The molecule has 5 nitrogen and oxygen atoms in total. The lowest BCUT2D eigenvalue weighted by Gasteiger charge is -2.71. The van der Waals surface area contributed by atoms with Gasteiger partial charge in [-0.25, -0.2) is 0 Å². The lowest BCUT2D eigenvalue weighted by atomic mass is 9.31. The Balaban J connectivity index is 1.62. The summed E-state index contributed by atoms with van der Waals surface area (Å²) < 4.78 is 0. The number of Topliss-reactive ketones (excluding diaryl/α,β-unsaturated/α-hetero) is 1. The first-order valence-electron chi connectivity index (χ1n) is 14.1. The topological polar surface area (TPSA) is 87.0 Å².